The summed E-state index contributed by atoms with van der Waals surface area (Å²) in [4.78, 5) is 0. The molecule has 87 heavy (non-hydrogen) atoms. The van der Waals surface area contributed by atoms with Crippen LogP contribution in [0.4, 0.5) is 65.9 Å². The van der Waals surface area contributed by atoms with Crippen LogP contribution in [0.15, 0.2) is 182 Å². The highest BCUT2D eigenvalue weighted by Gasteiger charge is 2.38. The molecule has 10 aromatic carbocycles. The van der Waals surface area contributed by atoms with E-state index < -0.39 is 64.3 Å². The Morgan fingerprint density at radius 3 is 0.885 bits per heavy atom. The van der Waals surface area contributed by atoms with E-state index in [0.717, 1.165) is 52.6 Å². The number of nitrogens with zero attached hydrogens (tertiary/aromatic N) is 2. The van der Waals surface area contributed by atoms with Crippen LogP contribution in [0.2, 0.25) is 0 Å². The molecule has 0 bridgehead atoms. The van der Waals surface area contributed by atoms with E-state index in [1.54, 1.807) is 71.5 Å². The Bertz CT molecular complexity index is 4740. The zero-order valence-corrected chi connectivity index (χ0v) is 46.4. The minimum absolute atomic E-state index is 0.00106. The molecule has 0 spiro atoms. The Morgan fingerprint density at radius 1 is 0.241 bits per heavy atom. The van der Waals surface area contributed by atoms with Crippen LogP contribution in [0.1, 0.15) is 55.6 Å². The van der Waals surface area contributed by atoms with E-state index in [0.29, 0.717) is 72.6 Å². The molecule has 440 valence electrons. The van der Waals surface area contributed by atoms with Crippen molar-refractivity contribution in [1.82, 2.24) is 9.13 Å². The second kappa shape index (κ2) is 20.4. The van der Waals surface area contributed by atoms with Crippen molar-refractivity contribution in [2.45, 2.75) is 65.5 Å². The summed E-state index contributed by atoms with van der Waals surface area (Å²) < 4.78 is 221. The molecule has 0 radical (unpaired) electrons. The van der Waals surface area contributed by atoms with E-state index >= 15 is 13.2 Å². The predicted octanol–water partition coefficient (Wildman–Crippen LogP) is 22.9. The van der Waals surface area contributed by atoms with Crippen molar-refractivity contribution < 1.29 is 65.9 Å². The first-order valence-electron chi connectivity index (χ1n) is 27.0. The molecular weight excluding hydrogens is 1150 g/mol. The van der Waals surface area contributed by atoms with Crippen LogP contribution < -0.4 is 0 Å². The minimum Gasteiger partial charge on any atom is -0.309 e. The molecule has 0 amide bonds. The number of hydrogen-bond acceptors (Lipinski definition) is 0. The summed E-state index contributed by atoms with van der Waals surface area (Å²) in [6, 6.07) is 42.4. The summed E-state index contributed by atoms with van der Waals surface area (Å²) in [6.45, 7) is 8.57. The zero-order chi connectivity index (χ0) is 62.2. The number of fused-ring (bicyclic) bond motifs is 6. The summed E-state index contributed by atoms with van der Waals surface area (Å²) in [6.07, 6.45) is -24.7. The van der Waals surface area contributed by atoms with Crippen LogP contribution in [0, 0.1) is 34.6 Å². The molecule has 12 rings (SSSR count). The quantitative estimate of drug-likeness (QED) is 0.141. The van der Waals surface area contributed by atoms with Gasteiger partial charge in [-0.05, 0) is 228 Å². The third-order valence-corrected chi connectivity index (χ3v) is 15.8. The Kier molecular flexibility index (Phi) is 13.7. The zero-order valence-electron chi connectivity index (χ0n) is 46.4. The molecule has 12 aromatic rings. The third-order valence-electron chi connectivity index (χ3n) is 15.8. The van der Waals surface area contributed by atoms with Gasteiger partial charge in [-0.2, -0.15) is 65.9 Å². The van der Waals surface area contributed by atoms with Crippen LogP contribution in [0.25, 0.3) is 111 Å². The van der Waals surface area contributed by atoms with Crippen molar-refractivity contribution in [1.29, 1.82) is 0 Å². The normalized spacial score (nSPS) is 12.8. The number of halogens is 15. The molecule has 0 atom stereocenters. The largest absolute Gasteiger partial charge is 0.417 e. The monoisotopic (exact) mass is 1200 g/mol. The van der Waals surface area contributed by atoms with Gasteiger partial charge in [-0.15, -0.1) is 0 Å². The van der Waals surface area contributed by atoms with Gasteiger partial charge in [0.15, 0.2) is 0 Å². The maximum Gasteiger partial charge on any atom is 0.417 e. The highest BCUT2D eigenvalue weighted by atomic mass is 19.4. The van der Waals surface area contributed by atoms with Gasteiger partial charge in [0.05, 0.1) is 49.9 Å². The molecule has 0 fully saturated rings. The average molecular weight is 1200 g/mol. The second-order valence-electron chi connectivity index (χ2n) is 22.2. The molecule has 0 aliphatic heterocycles. The van der Waals surface area contributed by atoms with Gasteiger partial charge in [-0.3, -0.25) is 0 Å². The van der Waals surface area contributed by atoms with Gasteiger partial charge in [-0.1, -0.05) is 71.8 Å². The number of benzene rings is 10. The molecule has 17 heteroatoms. The molecule has 0 saturated carbocycles. The van der Waals surface area contributed by atoms with E-state index in [9.17, 15) is 52.7 Å². The van der Waals surface area contributed by atoms with Crippen molar-refractivity contribution in [2.24, 2.45) is 0 Å². The first-order chi connectivity index (χ1) is 40.8. The molecule has 0 N–H and O–H groups in total. The molecule has 2 nitrogen and oxygen atoms in total. The van der Waals surface area contributed by atoms with E-state index in [4.69, 9.17) is 0 Å². The number of aromatic nitrogens is 2. The van der Waals surface area contributed by atoms with Gasteiger partial charge in [0.2, 0.25) is 0 Å². The summed E-state index contributed by atoms with van der Waals surface area (Å²) in [5.41, 5.74) is 1.55. The Labute approximate surface area is 487 Å². The van der Waals surface area contributed by atoms with Crippen molar-refractivity contribution in [3.63, 3.8) is 0 Å². The van der Waals surface area contributed by atoms with Crippen LogP contribution in [-0.2, 0) is 30.9 Å². The molecular formula is C70H45F15N2. The molecule has 0 unspecified atom stereocenters. The number of hydrogen-bond donors (Lipinski definition) is 0. The molecule has 2 heterocycles. The van der Waals surface area contributed by atoms with Crippen LogP contribution in [0.5, 0.6) is 0 Å². The highest BCUT2D eigenvalue weighted by Crippen LogP contribution is 2.47. The summed E-state index contributed by atoms with van der Waals surface area (Å²) in [5.74, 6) is 0. The molecule has 0 aliphatic carbocycles. The second-order valence-corrected chi connectivity index (χ2v) is 22.2. The maximum absolute atomic E-state index is 15.6. The lowest BCUT2D eigenvalue weighted by Gasteiger charge is -2.19. The summed E-state index contributed by atoms with van der Waals surface area (Å²) >= 11 is 0. The average Bonchev–Trinajstić information content (AvgIpc) is 1.67. The lowest BCUT2D eigenvalue weighted by atomic mass is 9.94. The van der Waals surface area contributed by atoms with Crippen molar-refractivity contribution in [2.75, 3.05) is 0 Å². The van der Waals surface area contributed by atoms with Gasteiger partial charge < -0.3 is 9.13 Å². The van der Waals surface area contributed by atoms with Gasteiger partial charge >= 0.3 is 30.9 Å². The van der Waals surface area contributed by atoms with Crippen LogP contribution in [-0.4, -0.2) is 9.13 Å². The van der Waals surface area contributed by atoms with E-state index in [1.807, 2.05) is 50.2 Å². The van der Waals surface area contributed by atoms with Crippen molar-refractivity contribution in [3.8, 4) is 67.0 Å². The Morgan fingerprint density at radius 2 is 0.540 bits per heavy atom. The first-order valence-corrected chi connectivity index (χ1v) is 27.0. The van der Waals surface area contributed by atoms with Crippen molar-refractivity contribution >= 4 is 43.6 Å². The van der Waals surface area contributed by atoms with Gasteiger partial charge in [0, 0.05) is 32.9 Å². The lowest BCUT2D eigenvalue weighted by Crippen LogP contribution is -2.11. The highest BCUT2D eigenvalue weighted by molar-refractivity contribution is 6.13. The SMILES string of the molecule is Cc1cc(C)cc(-c2ccc3c(c2)c2cc(-c4cc(C)cc(C(F)(F)F)c4)ccc2n3-c2ccc(C(F)(F)F)c(-c3cc(-n4c5ccc(-c6cc(C)cc(C(F)(F)F)c6)cc5c5cc(-c6cc(C(F)(F)F)cc(C(F)(F)F)c6)ccc54)ccc3C)c2)c1. The van der Waals surface area contributed by atoms with Crippen molar-refractivity contribution in [3.05, 3.63) is 238 Å². The van der Waals surface area contributed by atoms with Gasteiger partial charge in [0.25, 0.3) is 0 Å². The molecule has 0 aliphatic rings. The fraction of sp³-hybridized carbons (Fsp3) is 0.143. The number of alkyl halides is 15. The fourth-order valence-electron chi connectivity index (χ4n) is 12.0. The lowest BCUT2D eigenvalue weighted by molar-refractivity contribution is -0.143. The van der Waals surface area contributed by atoms with Gasteiger partial charge in [0.1, 0.15) is 0 Å². The number of rotatable bonds is 7. The third kappa shape index (κ3) is 10.9. The molecule has 2 aromatic heterocycles. The maximum atomic E-state index is 15.6. The van der Waals surface area contributed by atoms with E-state index in [-0.39, 0.29) is 56.2 Å². The standard InChI is InChI=1S/C70H45F15N2/c1-36-18-37(2)20-45(19-36)41-7-14-64-57(29-41)58-30-43(47-22-39(4)24-50(26-47)67(74,75)76)9-16-65(58)87(64)54-12-13-61(70(83,84)85)56(35-54)55-34-53(11-6-40(55)5)86-62-15-8-42(46-21-38(3)23-49(25-46)66(71,72)73)31-59(62)60-32-44(10-17-63(60)86)48-27-51(68(77,78)79)33-52(28-48)69(80,81)82/h6-35H,1-5H3. The Balaban J connectivity index is 1.07. The smallest absolute Gasteiger partial charge is 0.309 e. The van der Waals surface area contributed by atoms with E-state index in [1.165, 1.54) is 55.5 Å². The van der Waals surface area contributed by atoms with Crippen LogP contribution >= 0.6 is 0 Å². The Hall–Kier alpha value is -9.25. The predicted molar refractivity (Wildman–Crippen MR) is 311 cm³/mol. The topological polar surface area (TPSA) is 9.86 Å². The minimum atomic E-state index is -5.18. The fourth-order valence-corrected chi connectivity index (χ4v) is 12.0. The first kappa shape index (κ1) is 58.1. The molecule has 0 saturated heterocycles. The number of aryl methyl sites for hydroxylation is 5. The summed E-state index contributed by atoms with van der Waals surface area (Å²) in [5, 5.41) is 1.78. The van der Waals surface area contributed by atoms with Crippen LogP contribution in [0.3, 0.4) is 0 Å². The summed E-state index contributed by atoms with van der Waals surface area (Å²) in [7, 11) is 0. The van der Waals surface area contributed by atoms with Gasteiger partial charge in [-0.25, -0.2) is 0 Å². The van der Waals surface area contributed by atoms with E-state index in [2.05, 4.69) is 0 Å².